The highest BCUT2D eigenvalue weighted by atomic mass is 16.4. The van der Waals surface area contributed by atoms with Crippen LogP contribution < -0.4 is 4.90 Å². The van der Waals surface area contributed by atoms with E-state index in [0.29, 0.717) is 5.69 Å². The molecule has 7 heteroatoms. The van der Waals surface area contributed by atoms with Gasteiger partial charge in [-0.2, -0.15) is 0 Å². The fourth-order valence-corrected chi connectivity index (χ4v) is 1.59. The minimum atomic E-state index is -1.02. The second-order valence-corrected chi connectivity index (χ2v) is 3.45. The van der Waals surface area contributed by atoms with E-state index in [0.717, 1.165) is 0 Å². The molecule has 7 nitrogen and oxygen atoms in total. The summed E-state index contributed by atoms with van der Waals surface area (Å²) < 4.78 is 0. The molecule has 0 aliphatic carbocycles. The van der Waals surface area contributed by atoms with Crippen molar-refractivity contribution >= 4 is 17.7 Å². The van der Waals surface area contributed by atoms with Gasteiger partial charge in [-0.05, 0) is 0 Å². The fraction of sp³-hybridized carbons (Fsp3) is 0.333. The van der Waals surface area contributed by atoms with Crippen molar-refractivity contribution in [2.75, 3.05) is 18.5 Å². The first-order valence-electron chi connectivity index (χ1n) is 4.63. The molecule has 84 valence electrons. The van der Waals surface area contributed by atoms with E-state index in [1.165, 1.54) is 35.6 Å². The zero-order valence-electron chi connectivity index (χ0n) is 8.57. The highest BCUT2D eigenvalue weighted by Crippen LogP contribution is 2.21. The number of aromatic nitrogens is 2. The Balaban J connectivity index is 2.26. The highest BCUT2D eigenvalue weighted by molar-refractivity contribution is 5.98. The van der Waals surface area contributed by atoms with Crippen molar-refractivity contribution in [1.29, 1.82) is 0 Å². The SMILES string of the molecule is CN1C(=O)N(c2cncnc2)CC1C(=O)O. The van der Waals surface area contributed by atoms with E-state index >= 15 is 0 Å². The molecule has 16 heavy (non-hydrogen) atoms. The number of carbonyl (C=O) groups is 2. The molecule has 2 heterocycles. The predicted octanol–water partition coefficient (Wildman–Crippen LogP) is -0.198. The van der Waals surface area contributed by atoms with Gasteiger partial charge in [0.1, 0.15) is 12.4 Å². The van der Waals surface area contributed by atoms with Crippen LogP contribution in [0.3, 0.4) is 0 Å². The van der Waals surface area contributed by atoms with Crippen molar-refractivity contribution < 1.29 is 14.7 Å². The molecular weight excluding hydrogens is 212 g/mol. The molecule has 1 aliphatic heterocycles. The number of nitrogens with zero attached hydrogens (tertiary/aromatic N) is 4. The minimum absolute atomic E-state index is 0.109. The summed E-state index contributed by atoms with van der Waals surface area (Å²) in [6.45, 7) is 0.109. The number of aliphatic carboxylic acids is 1. The second-order valence-electron chi connectivity index (χ2n) is 3.45. The van der Waals surface area contributed by atoms with Gasteiger partial charge in [-0.15, -0.1) is 0 Å². The van der Waals surface area contributed by atoms with Crippen molar-refractivity contribution in [2.45, 2.75) is 6.04 Å². The summed E-state index contributed by atoms with van der Waals surface area (Å²) in [7, 11) is 1.46. The maximum atomic E-state index is 11.8. The topological polar surface area (TPSA) is 86.6 Å². The minimum Gasteiger partial charge on any atom is -0.480 e. The number of carboxylic acid groups (broad SMARTS) is 1. The lowest BCUT2D eigenvalue weighted by atomic mass is 10.3. The van der Waals surface area contributed by atoms with Crippen LogP contribution in [0, 0.1) is 0 Å². The summed E-state index contributed by atoms with van der Waals surface area (Å²) >= 11 is 0. The van der Waals surface area contributed by atoms with Crippen LogP contribution >= 0.6 is 0 Å². The van der Waals surface area contributed by atoms with Crippen molar-refractivity contribution in [3.63, 3.8) is 0 Å². The zero-order valence-corrected chi connectivity index (χ0v) is 8.57. The Hall–Kier alpha value is -2.18. The first-order valence-corrected chi connectivity index (χ1v) is 4.63. The summed E-state index contributed by atoms with van der Waals surface area (Å²) in [5.41, 5.74) is 0.503. The number of hydrogen-bond donors (Lipinski definition) is 1. The molecule has 0 saturated carbocycles. The lowest BCUT2D eigenvalue weighted by Gasteiger charge is -2.14. The largest absolute Gasteiger partial charge is 0.480 e. The van der Waals surface area contributed by atoms with Crippen LogP contribution in [0.15, 0.2) is 18.7 Å². The summed E-state index contributed by atoms with van der Waals surface area (Å²) in [5, 5.41) is 8.91. The number of hydrogen-bond acceptors (Lipinski definition) is 4. The third kappa shape index (κ3) is 1.56. The number of amides is 2. The number of likely N-dealkylation sites (N-methyl/N-ethyl adjacent to an activating group) is 1. The van der Waals surface area contributed by atoms with Gasteiger partial charge in [0.2, 0.25) is 0 Å². The summed E-state index contributed by atoms with van der Waals surface area (Å²) in [6, 6.07) is -1.19. The number of carbonyl (C=O) groups excluding carboxylic acids is 1. The molecule has 0 spiro atoms. The number of rotatable bonds is 2. The van der Waals surface area contributed by atoms with Gasteiger partial charge in [0.05, 0.1) is 24.6 Å². The van der Waals surface area contributed by atoms with Crippen LogP contribution in [0.1, 0.15) is 0 Å². The molecule has 1 unspecified atom stereocenters. The molecular formula is C9H10N4O3. The molecule has 2 rings (SSSR count). The Kier molecular flexibility index (Phi) is 2.43. The van der Waals surface area contributed by atoms with E-state index in [2.05, 4.69) is 9.97 Å². The predicted molar refractivity (Wildman–Crippen MR) is 54.0 cm³/mol. The van der Waals surface area contributed by atoms with Crippen LogP contribution in [-0.4, -0.2) is 51.6 Å². The Morgan fingerprint density at radius 2 is 2.12 bits per heavy atom. The Bertz CT molecular complexity index is 422. The van der Waals surface area contributed by atoms with E-state index in [1.807, 2.05) is 0 Å². The second kappa shape index (κ2) is 3.76. The fourth-order valence-electron chi connectivity index (χ4n) is 1.59. The average molecular weight is 222 g/mol. The zero-order chi connectivity index (χ0) is 11.7. The lowest BCUT2D eigenvalue weighted by Crippen LogP contribution is -2.36. The van der Waals surface area contributed by atoms with Gasteiger partial charge in [0.25, 0.3) is 0 Å². The van der Waals surface area contributed by atoms with Crippen LogP contribution in [-0.2, 0) is 4.79 Å². The maximum Gasteiger partial charge on any atom is 0.328 e. The molecule has 1 N–H and O–H groups in total. The van der Waals surface area contributed by atoms with Gasteiger partial charge in [-0.3, -0.25) is 4.90 Å². The number of carboxylic acids is 1. The Labute approximate surface area is 91.3 Å². The van der Waals surface area contributed by atoms with E-state index in [9.17, 15) is 9.59 Å². The molecule has 1 aromatic heterocycles. The standard InChI is InChI=1S/C9H10N4O3/c1-12-7(8(14)15)4-13(9(12)16)6-2-10-5-11-3-6/h2-3,5,7H,4H2,1H3,(H,14,15). The van der Waals surface area contributed by atoms with E-state index in [1.54, 1.807) is 0 Å². The molecule has 2 amide bonds. The van der Waals surface area contributed by atoms with Crippen LogP contribution in [0.5, 0.6) is 0 Å². The van der Waals surface area contributed by atoms with E-state index < -0.39 is 12.0 Å². The van der Waals surface area contributed by atoms with Crippen molar-refractivity contribution in [3.05, 3.63) is 18.7 Å². The monoisotopic (exact) mass is 222 g/mol. The smallest absolute Gasteiger partial charge is 0.328 e. The summed E-state index contributed by atoms with van der Waals surface area (Å²) in [4.78, 5) is 32.7. The molecule has 0 bridgehead atoms. The van der Waals surface area contributed by atoms with Gasteiger partial charge in [-0.25, -0.2) is 19.6 Å². The quantitative estimate of drug-likeness (QED) is 0.748. The molecule has 0 aromatic carbocycles. The Morgan fingerprint density at radius 3 is 2.62 bits per heavy atom. The van der Waals surface area contributed by atoms with Crippen LogP contribution in [0.2, 0.25) is 0 Å². The van der Waals surface area contributed by atoms with E-state index in [-0.39, 0.29) is 12.6 Å². The van der Waals surface area contributed by atoms with Crippen LogP contribution in [0.4, 0.5) is 10.5 Å². The third-order valence-electron chi connectivity index (χ3n) is 2.50. The van der Waals surface area contributed by atoms with E-state index in [4.69, 9.17) is 5.11 Å². The maximum absolute atomic E-state index is 11.8. The molecule has 1 saturated heterocycles. The molecule has 1 atom stereocenters. The van der Waals surface area contributed by atoms with Crippen molar-refractivity contribution in [1.82, 2.24) is 14.9 Å². The highest BCUT2D eigenvalue weighted by Gasteiger charge is 2.39. The molecule has 1 fully saturated rings. The summed E-state index contributed by atoms with van der Waals surface area (Å²) in [6.07, 6.45) is 4.30. The normalized spacial score (nSPS) is 20.3. The van der Waals surface area contributed by atoms with Gasteiger partial charge >= 0.3 is 12.0 Å². The van der Waals surface area contributed by atoms with Gasteiger partial charge in [0.15, 0.2) is 0 Å². The Morgan fingerprint density at radius 1 is 1.50 bits per heavy atom. The molecule has 0 radical (unpaired) electrons. The van der Waals surface area contributed by atoms with Crippen molar-refractivity contribution in [3.8, 4) is 0 Å². The molecule has 1 aliphatic rings. The number of urea groups is 1. The van der Waals surface area contributed by atoms with Crippen molar-refractivity contribution in [2.24, 2.45) is 0 Å². The van der Waals surface area contributed by atoms with Gasteiger partial charge in [0, 0.05) is 7.05 Å². The summed E-state index contributed by atoms with van der Waals surface area (Å²) in [5.74, 6) is -1.02. The van der Waals surface area contributed by atoms with Gasteiger partial charge in [-0.1, -0.05) is 0 Å². The van der Waals surface area contributed by atoms with Crippen LogP contribution in [0.25, 0.3) is 0 Å². The van der Waals surface area contributed by atoms with Gasteiger partial charge < -0.3 is 10.0 Å². The molecule has 1 aromatic rings. The first kappa shape index (κ1) is 10.3. The first-order chi connectivity index (χ1) is 7.61. The average Bonchev–Trinajstić information content (AvgIpc) is 2.58. The number of anilines is 1. The lowest BCUT2D eigenvalue weighted by molar-refractivity contribution is -0.140. The third-order valence-corrected chi connectivity index (χ3v) is 2.50.